The molecule has 19 heavy (non-hydrogen) atoms. The Kier molecular flexibility index (Phi) is 4.18. The van der Waals surface area contributed by atoms with Gasteiger partial charge in [-0.15, -0.1) is 0 Å². The topological polar surface area (TPSA) is 59.2 Å². The van der Waals surface area contributed by atoms with Crippen molar-refractivity contribution in [3.8, 4) is 11.8 Å². The lowest BCUT2D eigenvalue weighted by atomic mass is 10.2. The normalized spacial score (nSPS) is 20.4. The van der Waals surface area contributed by atoms with Gasteiger partial charge in [-0.05, 0) is 30.4 Å². The number of hydrogen-bond acceptors (Lipinski definition) is 3. The molecule has 0 spiro atoms. The number of nitrogens with two attached hydrogens (primary N) is 1. The molecule has 1 aromatic rings. The second-order valence-electron chi connectivity index (χ2n) is 5.10. The third-order valence-corrected chi connectivity index (χ3v) is 3.45. The fourth-order valence-electron chi connectivity index (χ4n) is 2.03. The molecule has 1 amide bonds. The highest BCUT2D eigenvalue weighted by atomic mass is 16.2. The fraction of sp³-hybridized carbons (Fsp3) is 0.467. The molecular weight excluding hydrogens is 238 g/mol. The van der Waals surface area contributed by atoms with Crippen LogP contribution in [0.5, 0.6) is 0 Å². The van der Waals surface area contributed by atoms with Crippen LogP contribution >= 0.6 is 0 Å². The van der Waals surface area contributed by atoms with Crippen molar-refractivity contribution in [2.45, 2.75) is 13.3 Å². The van der Waals surface area contributed by atoms with E-state index < -0.39 is 0 Å². The highest BCUT2D eigenvalue weighted by molar-refractivity contribution is 5.92. The van der Waals surface area contributed by atoms with E-state index in [0.29, 0.717) is 18.2 Å². The quantitative estimate of drug-likeness (QED) is 0.825. The van der Waals surface area contributed by atoms with Crippen LogP contribution in [0.3, 0.4) is 0 Å². The van der Waals surface area contributed by atoms with E-state index >= 15 is 0 Å². The predicted octanol–water partition coefficient (Wildman–Crippen LogP) is 1.12. The first-order valence-electron chi connectivity index (χ1n) is 6.52. The van der Waals surface area contributed by atoms with Crippen molar-refractivity contribution < 1.29 is 4.79 Å². The molecule has 4 nitrogen and oxygen atoms in total. The van der Waals surface area contributed by atoms with Gasteiger partial charge in [0, 0.05) is 25.4 Å². The van der Waals surface area contributed by atoms with Crippen LogP contribution < -0.4 is 5.73 Å². The maximum atomic E-state index is 12.1. The molecule has 1 aliphatic carbocycles. The molecular formula is C15H19N3O. The molecule has 2 rings (SSSR count). The molecule has 0 aliphatic heterocycles. The van der Waals surface area contributed by atoms with Gasteiger partial charge in [-0.2, -0.15) is 0 Å². The number of aromatic nitrogens is 1. The summed E-state index contributed by atoms with van der Waals surface area (Å²) in [4.78, 5) is 18.1. The smallest absolute Gasteiger partial charge is 0.272 e. The van der Waals surface area contributed by atoms with E-state index in [-0.39, 0.29) is 5.91 Å². The molecule has 1 heterocycles. The first kappa shape index (κ1) is 13.6. The summed E-state index contributed by atoms with van der Waals surface area (Å²) in [6.45, 7) is 3.35. The monoisotopic (exact) mass is 257 g/mol. The van der Waals surface area contributed by atoms with Crippen LogP contribution in [-0.4, -0.2) is 35.9 Å². The fourth-order valence-corrected chi connectivity index (χ4v) is 2.03. The van der Waals surface area contributed by atoms with Gasteiger partial charge in [-0.3, -0.25) is 4.79 Å². The average molecular weight is 257 g/mol. The van der Waals surface area contributed by atoms with E-state index in [0.717, 1.165) is 18.0 Å². The molecule has 2 unspecified atom stereocenters. The summed E-state index contributed by atoms with van der Waals surface area (Å²) in [5.41, 5.74) is 6.55. The van der Waals surface area contributed by atoms with Crippen molar-refractivity contribution in [2.24, 2.45) is 17.6 Å². The first-order chi connectivity index (χ1) is 9.11. The molecule has 1 fully saturated rings. The second kappa shape index (κ2) is 5.85. The van der Waals surface area contributed by atoms with Crippen molar-refractivity contribution in [1.29, 1.82) is 0 Å². The van der Waals surface area contributed by atoms with Gasteiger partial charge in [0.15, 0.2) is 0 Å². The molecule has 1 aromatic heterocycles. The summed E-state index contributed by atoms with van der Waals surface area (Å²) >= 11 is 0. The van der Waals surface area contributed by atoms with Crippen LogP contribution in [0.1, 0.15) is 29.4 Å². The van der Waals surface area contributed by atoms with Crippen LogP contribution in [0, 0.1) is 23.7 Å². The Morgan fingerprint density at radius 3 is 2.84 bits per heavy atom. The van der Waals surface area contributed by atoms with Crippen LogP contribution in [-0.2, 0) is 0 Å². The molecule has 0 bridgehead atoms. The molecule has 0 aromatic carbocycles. The highest BCUT2D eigenvalue weighted by Gasteiger charge is 2.34. The molecule has 1 saturated carbocycles. The number of amides is 1. The van der Waals surface area contributed by atoms with Crippen molar-refractivity contribution in [1.82, 2.24) is 9.88 Å². The van der Waals surface area contributed by atoms with Gasteiger partial charge in [0.05, 0.1) is 6.54 Å². The number of hydrogen-bond donors (Lipinski definition) is 1. The first-order valence-corrected chi connectivity index (χ1v) is 6.52. The molecule has 0 saturated heterocycles. The lowest BCUT2D eigenvalue weighted by Gasteiger charge is -2.16. The lowest BCUT2D eigenvalue weighted by Crippen LogP contribution is -2.29. The van der Waals surface area contributed by atoms with E-state index in [1.165, 1.54) is 6.42 Å². The minimum atomic E-state index is -0.0302. The minimum absolute atomic E-state index is 0.0302. The number of pyridine rings is 1. The summed E-state index contributed by atoms with van der Waals surface area (Å²) in [6.07, 6.45) is 2.84. The number of carbonyl (C=O) groups excluding carboxylic acids is 1. The molecule has 0 radical (unpaired) electrons. The summed E-state index contributed by atoms with van der Waals surface area (Å²) in [5, 5.41) is 0. The third kappa shape index (κ3) is 3.55. The summed E-state index contributed by atoms with van der Waals surface area (Å²) in [6, 6.07) is 3.52. The largest absolute Gasteiger partial charge is 0.340 e. The van der Waals surface area contributed by atoms with Gasteiger partial charge in [0.25, 0.3) is 5.91 Å². The zero-order valence-electron chi connectivity index (χ0n) is 11.4. The van der Waals surface area contributed by atoms with E-state index in [2.05, 4.69) is 23.7 Å². The average Bonchev–Trinajstić information content (AvgIpc) is 3.11. The maximum Gasteiger partial charge on any atom is 0.272 e. The van der Waals surface area contributed by atoms with Crippen LogP contribution in [0.25, 0.3) is 0 Å². The Bertz CT molecular complexity index is 512. The van der Waals surface area contributed by atoms with Gasteiger partial charge in [0.1, 0.15) is 5.69 Å². The van der Waals surface area contributed by atoms with Crippen molar-refractivity contribution >= 4 is 5.91 Å². The summed E-state index contributed by atoms with van der Waals surface area (Å²) in [5.74, 6) is 7.02. The Morgan fingerprint density at radius 2 is 2.32 bits per heavy atom. The van der Waals surface area contributed by atoms with Gasteiger partial charge in [-0.1, -0.05) is 18.8 Å². The maximum absolute atomic E-state index is 12.1. The second-order valence-corrected chi connectivity index (χ2v) is 5.10. The SMILES string of the molecule is CC1CC1CN(C)C(=O)c1ccc(C#CCN)cn1. The van der Waals surface area contributed by atoms with Gasteiger partial charge in [0.2, 0.25) is 0 Å². The van der Waals surface area contributed by atoms with Crippen molar-refractivity contribution in [2.75, 3.05) is 20.1 Å². The zero-order chi connectivity index (χ0) is 13.8. The van der Waals surface area contributed by atoms with Crippen LogP contribution in [0.4, 0.5) is 0 Å². The van der Waals surface area contributed by atoms with Crippen molar-refractivity contribution in [3.05, 3.63) is 29.6 Å². The van der Waals surface area contributed by atoms with Gasteiger partial charge >= 0.3 is 0 Å². The molecule has 2 atom stereocenters. The Balaban J connectivity index is 1.98. The third-order valence-electron chi connectivity index (χ3n) is 3.45. The summed E-state index contributed by atoms with van der Waals surface area (Å²) < 4.78 is 0. The number of carbonyl (C=O) groups is 1. The van der Waals surface area contributed by atoms with E-state index in [9.17, 15) is 4.79 Å². The molecule has 4 heteroatoms. The molecule has 100 valence electrons. The zero-order valence-corrected chi connectivity index (χ0v) is 11.4. The van der Waals surface area contributed by atoms with Crippen LogP contribution in [0.15, 0.2) is 18.3 Å². The molecule has 2 N–H and O–H groups in total. The number of rotatable bonds is 3. The van der Waals surface area contributed by atoms with E-state index in [1.54, 1.807) is 23.2 Å². The van der Waals surface area contributed by atoms with Crippen LogP contribution in [0.2, 0.25) is 0 Å². The number of nitrogens with zero attached hydrogens (tertiary/aromatic N) is 2. The minimum Gasteiger partial charge on any atom is -0.340 e. The van der Waals surface area contributed by atoms with Gasteiger partial charge in [-0.25, -0.2) is 4.98 Å². The van der Waals surface area contributed by atoms with E-state index in [1.807, 2.05) is 7.05 Å². The van der Waals surface area contributed by atoms with E-state index in [4.69, 9.17) is 5.73 Å². The molecule has 1 aliphatic rings. The lowest BCUT2D eigenvalue weighted by molar-refractivity contribution is 0.0781. The Labute approximate surface area is 114 Å². The highest BCUT2D eigenvalue weighted by Crippen LogP contribution is 2.38. The predicted molar refractivity (Wildman–Crippen MR) is 74.4 cm³/mol. The van der Waals surface area contributed by atoms with Crippen molar-refractivity contribution in [3.63, 3.8) is 0 Å². The summed E-state index contributed by atoms with van der Waals surface area (Å²) in [7, 11) is 1.83. The Morgan fingerprint density at radius 1 is 1.58 bits per heavy atom. The Hall–Kier alpha value is -1.86. The van der Waals surface area contributed by atoms with Gasteiger partial charge < -0.3 is 10.6 Å². The standard InChI is InChI=1S/C15H19N3O/c1-11-8-13(11)10-18(2)15(19)14-6-5-12(9-17-14)4-3-7-16/h5-6,9,11,13H,7-8,10,16H2,1-2H3.